The van der Waals surface area contributed by atoms with Crippen LogP contribution < -0.4 is 11.1 Å². The van der Waals surface area contributed by atoms with Gasteiger partial charge in [0.1, 0.15) is 29.0 Å². The van der Waals surface area contributed by atoms with Crippen molar-refractivity contribution in [1.29, 1.82) is 0 Å². The average Bonchev–Trinajstić information content (AvgIpc) is 3.13. The number of nitrogens with one attached hydrogen (secondary N) is 1. The number of nitrogens with two attached hydrogens (primary N) is 1. The summed E-state index contributed by atoms with van der Waals surface area (Å²) in [5.41, 5.74) is 7.70. The number of benzene rings is 2. The molecule has 162 valence electrons. The molecule has 2 aromatic carbocycles. The summed E-state index contributed by atoms with van der Waals surface area (Å²) in [6.45, 7) is 3.14. The third-order valence-electron chi connectivity index (χ3n) is 5.34. The highest BCUT2D eigenvalue weighted by molar-refractivity contribution is 6.30. The third-order valence-corrected chi connectivity index (χ3v) is 5.65. The van der Waals surface area contributed by atoms with Gasteiger partial charge in [-0.3, -0.25) is 4.79 Å². The molecule has 1 aromatic heterocycles. The van der Waals surface area contributed by atoms with Gasteiger partial charge in [-0.1, -0.05) is 18.5 Å². The molecule has 0 saturated carbocycles. The monoisotopic (exact) mass is 445 g/mol. The Morgan fingerprint density at radius 1 is 1.23 bits per heavy atom. The maximum absolute atomic E-state index is 14.0. The smallest absolute Gasteiger partial charge is 0.239 e. The summed E-state index contributed by atoms with van der Waals surface area (Å²) in [6.07, 6.45) is 0.555. The van der Waals surface area contributed by atoms with E-state index in [-0.39, 0.29) is 16.7 Å². The fourth-order valence-electron chi connectivity index (χ4n) is 3.57. The zero-order valence-electron chi connectivity index (χ0n) is 16.9. The van der Waals surface area contributed by atoms with Gasteiger partial charge >= 0.3 is 0 Å². The number of amides is 1. The molecule has 1 unspecified atom stereocenters. The maximum atomic E-state index is 14.0. The summed E-state index contributed by atoms with van der Waals surface area (Å²) < 4.78 is 29.4. The Balaban J connectivity index is 1.74. The normalized spacial score (nSPS) is 14.3. The number of aromatic nitrogens is 2. The molecule has 0 aliphatic carbocycles. The Bertz CT molecular complexity index is 1120. The molecule has 0 radical (unpaired) electrons. The van der Waals surface area contributed by atoms with E-state index in [0.717, 1.165) is 0 Å². The average molecular weight is 446 g/mol. The molecule has 0 bridgehead atoms. The lowest BCUT2D eigenvalue weighted by Gasteiger charge is -2.30. The Labute approximate surface area is 183 Å². The summed E-state index contributed by atoms with van der Waals surface area (Å²) in [7, 11) is 0. The number of imidazole rings is 1. The van der Waals surface area contributed by atoms with Crippen molar-refractivity contribution in [1.82, 2.24) is 14.5 Å². The number of rotatable bonds is 5. The molecule has 1 amide bonds. The van der Waals surface area contributed by atoms with Crippen molar-refractivity contribution in [3.63, 3.8) is 0 Å². The van der Waals surface area contributed by atoms with Crippen molar-refractivity contribution in [2.75, 3.05) is 11.9 Å². The Hall–Kier alpha value is -2.97. The molecule has 0 spiro atoms. The summed E-state index contributed by atoms with van der Waals surface area (Å²) >= 11 is 5.80. The molecular formula is C22H22ClF2N5O. The van der Waals surface area contributed by atoms with Crippen LogP contribution in [0.2, 0.25) is 5.02 Å². The van der Waals surface area contributed by atoms with Crippen LogP contribution in [0, 0.1) is 11.6 Å². The second kappa shape index (κ2) is 8.64. The van der Waals surface area contributed by atoms with Crippen molar-refractivity contribution >= 4 is 29.0 Å². The van der Waals surface area contributed by atoms with Crippen molar-refractivity contribution in [3.8, 4) is 11.3 Å². The lowest BCUT2D eigenvalue weighted by molar-refractivity contribution is -0.134. The van der Waals surface area contributed by atoms with Gasteiger partial charge in [-0.15, -0.1) is 0 Å². The quantitative estimate of drug-likeness (QED) is 0.613. The number of hydrogen-bond donors (Lipinski definition) is 2. The first-order chi connectivity index (χ1) is 14.9. The second-order valence-electron chi connectivity index (χ2n) is 7.41. The lowest BCUT2D eigenvalue weighted by Crippen LogP contribution is -2.46. The Morgan fingerprint density at radius 3 is 2.65 bits per heavy atom. The van der Waals surface area contributed by atoms with Crippen LogP contribution in [0.1, 0.15) is 19.2 Å². The van der Waals surface area contributed by atoms with Gasteiger partial charge in [-0.2, -0.15) is 0 Å². The molecule has 31 heavy (non-hydrogen) atoms. The molecule has 6 nitrogen and oxygen atoms in total. The van der Waals surface area contributed by atoms with E-state index in [1.54, 1.807) is 23.1 Å². The predicted molar refractivity (Wildman–Crippen MR) is 116 cm³/mol. The maximum Gasteiger partial charge on any atom is 0.239 e. The molecule has 3 N–H and O–H groups in total. The standard InChI is InChI=1S/C22H22ClF2N5O/c1-2-18(26)22(31)29-9-10-30-19(12-29)28-20(13-3-5-14(24)6-4-13)21(30)27-15-7-8-16(23)17(25)11-15/h3-8,11,18,27H,2,9-10,12,26H2,1H3. The molecule has 0 fully saturated rings. The van der Waals surface area contributed by atoms with Crippen molar-refractivity contribution in [2.45, 2.75) is 32.5 Å². The largest absolute Gasteiger partial charge is 0.340 e. The highest BCUT2D eigenvalue weighted by Crippen LogP contribution is 2.34. The van der Waals surface area contributed by atoms with E-state index in [1.807, 2.05) is 11.5 Å². The summed E-state index contributed by atoms with van der Waals surface area (Å²) in [4.78, 5) is 19.0. The number of anilines is 2. The minimum Gasteiger partial charge on any atom is -0.340 e. The van der Waals surface area contributed by atoms with E-state index in [0.29, 0.717) is 54.6 Å². The van der Waals surface area contributed by atoms with Gasteiger partial charge in [0.15, 0.2) is 0 Å². The fourth-order valence-corrected chi connectivity index (χ4v) is 3.69. The molecule has 4 rings (SSSR count). The summed E-state index contributed by atoms with van der Waals surface area (Å²) in [6, 6.07) is 9.86. The van der Waals surface area contributed by atoms with Crippen LogP contribution in [0.15, 0.2) is 42.5 Å². The number of fused-ring (bicyclic) bond motifs is 1. The SMILES string of the molecule is CCC(N)C(=O)N1CCn2c(nc(-c3ccc(F)cc3)c2Nc2ccc(Cl)c(F)c2)C1. The highest BCUT2D eigenvalue weighted by atomic mass is 35.5. The molecule has 1 aliphatic heterocycles. The second-order valence-corrected chi connectivity index (χ2v) is 7.82. The summed E-state index contributed by atoms with van der Waals surface area (Å²) in [5.74, 6) is 0.287. The van der Waals surface area contributed by atoms with Crippen molar-refractivity contribution in [3.05, 3.63) is 64.9 Å². The minimum atomic E-state index is -0.548. The number of carbonyl (C=O) groups is 1. The van der Waals surface area contributed by atoms with Crippen LogP contribution in [0.3, 0.4) is 0 Å². The zero-order chi connectivity index (χ0) is 22.1. The topological polar surface area (TPSA) is 76.2 Å². The van der Waals surface area contributed by atoms with Gasteiger partial charge in [0.05, 0.1) is 17.6 Å². The molecule has 1 aliphatic rings. The number of hydrogen-bond acceptors (Lipinski definition) is 4. The van der Waals surface area contributed by atoms with Crippen LogP contribution >= 0.6 is 11.6 Å². The van der Waals surface area contributed by atoms with E-state index >= 15 is 0 Å². The van der Waals surface area contributed by atoms with Crippen LogP contribution in [0.25, 0.3) is 11.3 Å². The molecule has 0 saturated heterocycles. The van der Waals surface area contributed by atoms with E-state index in [4.69, 9.17) is 22.3 Å². The Kier molecular flexibility index (Phi) is 5.93. The summed E-state index contributed by atoms with van der Waals surface area (Å²) in [5, 5.41) is 3.25. The van der Waals surface area contributed by atoms with Crippen LogP contribution in [-0.2, 0) is 17.9 Å². The molecule has 9 heteroatoms. The van der Waals surface area contributed by atoms with Crippen molar-refractivity contribution in [2.24, 2.45) is 5.73 Å². The highest BCUT2D eigenvalue weighted by Gasteiger charge is 2.28. The van der Waals surface area contributed by atoms with E-state index in [9.17, 15) is 13.6 Å². The number of carbonyl (C=O) groups excluding carboxylic acids is 1. The van der Waals surface area contributed by atoms with E-state index in [1.165, 1.54) is 24.3 Å². The number of halogens is 3. The van der Waals surface area contributed by atoms with Gasteiger partial charge in [0.25, 0.3) is 0 Å². The van der Waals surface area contributed by atoms with Gasteiger partial charge in [0.2, 0.25) is 5.91 Å². The third kappa shape index (κ3) is 4.26. The first kappa shape index (κ1) is 21.3. The first-order valence-corrected chi connectivity index (χ1v) is 10.4. The molecule has 2 heterocycles. The number of nitrogens with zero attached hydrogens (tertiary/aromatic N) is 3. The zero-order valence-corrected chi connectivity index (χ0v) is 17.7. The van der Waals surface area contributed by atoms with Crippen LogP contribution in [0.5, 0.6) is 0 Å². The van der Waals surface area contributed by atoms with Crippen LogP contribution in [-0.4, -0.2) is 32.9 Å². The molecule has 3 aromatic rings. The Morgan fingerprint density at radius 2 is 1.97 bits per heavy atom. The van der Waals surface area contributed by atoms with Gasteiger partial charge in [0, 0.05) is 24.3 Å². The van der Waals surface area contributed by atoms with E-state index in [2.05, 4.69) is 5.32 Å². The fraction of sp³-hybridized carbons (Fsp3) is 0.273. The van der Waals surface area contributed by atoms with Gasteiger partial charge < -0.3 is 20.5 Å². The first-order valence-electron chi connectivity index (χ1n) is 9.99. The van der Waals surface area contributed by atoms with E-state index < -0.39 is 11.9 Å². The molecule has 1 atom stereocenters. The van der Waals surface area contributed by atoms with Crippen molar-refractivity contribution < 1.29 is 13.6 Å². The van der Waals surface area contributed by atoms with Gasteiger partial charge in [-0.05, 0) is 48.9 Å². The lowest BCUT2D eigenvalue weighted by atomic mass is 10.1. The minimum absolute atomic E-state index is 0.0287. The molecular weight excluding hydrogens is 424 g/mol. The van der Waals surface area contributed by atoms with Crippen LogP contribution in [0.4, 0.5) is 20.3 Å². The predicted octanol–water partition coefficient (Wildman–Crippen LogP) is 4.30. The van der Waals surface area contributed by atoms with Gasteiger partial charge in [-0.25, -0.2) is 13.8 Å².